The summed E-state index contributed by atoms with van der Waals surface area (Å²) in [5.74, 6) is 0.0643. The van der Waals surface area contributed by atoms with Crippen molar-refractivity contribution in [1.29, 1.82) is 5.26 Å². The van der Waals surface area contributed by atoms with Crippen LogP contribution in [0.15, 0.2) is 29.1 Å². The van der Waals surface area contributed by atoms with Crippen molar-refractivity contribution in [3.8, 4) is 6.07 Å². The predicted molar refractivity (Wildman–Crippen MR) is 103 cm³/mol. The number of aryl methyl sites for hydroxylation is 1. The van der Waals surface area contributed by atoms with Crippen LogP contribution >= 0.6 is 0 Å². The first kappa shape index (κ1) is 18.8. The summed E-state index contributed by atoms with van der Waals surface area (Å²) in [5.41, 5.74) is 3.00. The average molecular weight is 365 g/mol. The number of rotatable bonds is 4. The zero-order chi connectivity index (χ0) is 19.6. The van der Waals surface area contributed by atoms with Gasteiger partial charge in [-0.2, -0.15) is 10.4 Å². The molecule has 0 aliphatic carbocycles. The average Bonchev–Trinajstić information content (AvgIpc) is 2.67. The van der Waals surface area contributed by atoms with E-state index < -0.39 is 0 Å². The monoisotopic (exact) mass is 365 g/mol. The van der Waals surface area contributed by atoms with Crippen molar-refractivity contribution in [3.63, 3.8) is 0 Å². The van der Waals surface area contributed by atoms with Crippen LogP contribution in [0, 0.1) is 25.2 Å². The third-order valence-corrected chi connectivity index (χ3v) is 5.09. The van der Waals surface area contributed by atoms with Gasteiger partial charge < -0.3 is 4.90 Å². The molecule has 0 saturated carbocycles. The Morgan fingerprint density at radius 2 is 1.78 bits per heavy atom. The molecule has 140 valence electrons. The highest BCUT2D eigenvalue weighted by Crippen LogP contribution is 2.18. The van der Waals surface area contributed by atoms with Gasteiger partial charge in [-0.05, 0) is 50.6 Å². The van der Waals surface area contributed by atoms with Crippen LogP contribution in [0.25, 0.3) is 0 Å². The zero-order valence-corrected chi connectivity index (χ0v) is 15.9. The van der Waals surface area contributed by atoms with E-state index in [1.807, 2.05) is 37.3 Å². The molecular weight excluding hydrogens is 342 g/mol. The maximum Gasteiger partial charge on any atom is 0.286 e. The Balaban J connectivity index is 1.67. The fraction of sp³-hybridized carbons (Fsp3) is 0.400. The summed E-state index contributed by atoms with van der Waals surface area (Å²) in [5, 5.41) is 13.6. The standard InChI is InChI=1S/C20H23N5O2/c1-14-15(2)22-25(20(27)19(14)12-21)13-23-8-10-24(11-9-23)18-6-4-17(5-7-18)16(3)26/h4-7H,8-11,13H2,1-3H3. The first-order valence-corrected chi connectivity index (χ1v) is 8.97. The number of nitriles is 1. The summed E-state index contributed by atoms with van der Waals surface area (Å²) in [6.45, 7) is 8.74. The third kappa shape index (κ3) is 3.91. The van der Waals surface area contributed by atoms with Crippen LogP contribution in [-0.2, 0) is 6.67 Å². The molecule has 1 saturated heterocycles. The second kappa shape index (κ2) is 7.72. The second-order valence-corrected chi connectivity index (χ2v) is 6.85. The number of benzene rings is 1. The van der Waals surface area contributed by atoms with Crippen molar-refractivity contribution in [3.05, 3.63) is 57.0 Å². The van der Waals surface area contributed by atoms with Crippen molar-refractivity contribution in [1.82, 2.24) is 14.7 Å². The van der Waals surface area contributed by atoms with Gasteiger partial charge in [0.25, 0.3) is 5.56 Å². The summed E-state index contributed by atoms with van der Waals surface area (Å²) < 4.78 is 1.39. The van der Waals surface area contributed by atoms with Crippen molar-refractivity contribution in [2.75, 3.05) is 31.1 Å². The van der Waals surface area contributed by atoms with E-state index in [1.165, 1.54) is 4.68 Å². The van der Waals surface area contributed by atoms with Crippen molar-refractivity contribution >= 4 is 11.5 Å². The molecule has 0 radical (unpaired) electrons. The summed E-state index contributed by atoms with van der Waals surface area (Å²) in [6, 6.07) is 9.65. The highest BCUT2D eigenvalue weighted by atomic mass is 16.1. The van der Waals surface area contributed by atoms with Gasteiger partial charge in [0.2, 0.25) is 0 Å². The Hall–Kier alpha value is -2.98. The fourth-order valence-electron chi connectivity index (χ4n) is 3.24. The molecule has 7 nitrogen and oxygen atoms in total. The molecule has 1 fully saturated rings. The maximum absolute atomic E-state index is 12.4. The van der Waals surface area contributed by atoms with E-state index in [1.54, 1.807) is 13.8 Å². The van der Waals surface area contributed by atoms with Crippen LogP contribution in [0.1, 0.15) is 34.1 Å². The molecule has 27 heavy (non-hydrogen) atoms. The van der Waals surface area contributed by atoms with Gasteiger partial charge in [0.1, 0.15) is 11.6 Å². The highest BCUT2D eigenvalue weighted by molar-refractivity contribution is 5.94. The normalized spacial score (nSPS) is 14.8. The lowest BCUT2D eigenvalue weighted by Gasteiger charge is -2.36. The molecule has 1 aliphatic rings. The first-order valence-electron chi connectivity index (χ1n) is 8.97. The van der Waals surface area contributed by atoms with Gasteiger partial charge >= 0.3 is 0 Å². The number of nitrogens with zero attached hydrogens (tertiary/aromatic N) is 5. The number of anilines is 1. The van der Waals surface area contributed by atoms with Gasteiger partial charge in [-0.25, -0.2) is 4.68 Å². The Labute approximate surface area is 158 Å². The van der Waals surface area contributed by atoms with Gasteiger partial charge in [0.15, 0.2) is 5.78 Å². The van der Waals surface area contributed by atoms with Crippen molar-refractivity contribution < 1.29 is 4.79 Å². The summed E-state index contributed by atoms with van der Waals surface area (Å²) in [7, 11) is 0. The number of aromatic nitrogens is 2. The Kier molecular flexibility index (Phi) is 5.38. The first-order chi connectivity index (χ1) is 12.9. The molecular formula is C20H23N5O2. The van der Waals surface area contributed by atoms with Gasteiger partial charge in [-0.1, -0.05) is 0 Å². The minimum atomic E-state index is -0.331. The van der Waals surface area contributed by atoms with E-state index in [0.29, 0.717) is 23.5 Å². The van der Waals surface area contributed by atoms with E-state index in [9.17, 15) is 14.9 Å². The molecule has 2 heterocycles. The summed E-state index contributed by atoms with van der Waals surface area (Å²) in [6.07, 6.45) is 0. The zero-order valence-electron chi connectivity index (χ0n) is 15.9. The van der Waals surface area contributed by atoms with E-state index in [0.717, 1.165) is 31.9 Å². The topological polar surface area (TPSA) is 82.2 Å². The molecule has 7 heteroatoms. The third-order valence-electron chi connectivity index (χ3n) is 5.09. The van der Waals surface area contributed by atoms with E-state index in [-0.39, 0.29) is 16.9 Å². The Bertz CT molecular complexity index is 948. The Morgan fingerprint density at radius 1 is 1.15 bits per heavy atom. The molecule has 0 N–H and O–H groups in total. The minimum absolute atomic E-state index is 0.0643. The van der Waals surface area contributed by atoms with Crippen LogP contribution in [0.4, 0.5) is 5.69 Å². The number of piperazine rings is 1. The van der Waals surface area contributed by atoms with E-state index in [2.05, 4.69) is 14.9 Å². The molecule has 0 unspecified atom stereocenters. The number of ketones is 1. The van der Waals surface area contributed by atoms with Crippen LogP contribution in [0.3, 0.4) is 0 Å². The molecule has 1 aromatic heterocycles. The van der Waals surface area contributed by atoms with Crippen LogP contribution in [0.5, 0.6) is 0 Å². The number of Topliss-reactive ketones (excluding diaryl/α,β-unsaturated/α-hetero) is 1. The molecule has 0 bridgehead atoms. The van der Waals surface area contributed by atoms with E-state index >= 15 is 0 Å². The highest BCUT2D eigenvalue weighted by Gasteiger charge is 2.19. The maximum atomic E-state index is 12.4. The molecule has 0 amide bonds. The Morgan fingerprint density at radius 3 is 2.33 bits per heavy atom. The van der Waals surface area contributed by atoms with Crippen LogP contribution in [0.2, 0.25) is 0 Å². The largest absolute Gasteiger partial charge is 0.369 e. The number of carbonyl (C=O) groups excluding carboxylic acids is 1. The summed E-state index contributed by atoms with van der Waals surface area (Å²) >= 11 is 0. The van der Waals surface area contributed by atoms with Gasteiger partial charge in [-0.15, -0.1) is 0 Å². The van der Waals surface area contributed by atoms with Crippen LogP contribution < -0.4 is 10.5 Å². The summed E-state index contributed by atoms with van der Waals surface area (Å²) in [4.78, 5) is 28.2. The lowest BCUT2D eigenvalue weighted by molar-refractivity contribution is 0.101. The number of hydrogen-bond acceptors (Lipinski definition) is 6. The van der Waals surface area contributed by atoms with Gasteiger partial charge in [0.05, 0.1) is 12.4 Å². The quantitative estimate of drug-likeness (QED) is 0.767. The molecule has 1 aliphatic heterocycles. The lowest BCUT2D eigenvalue weighted by atomic mass is 10.1. The number of carbonyl (C=O) groups is 1. The number of hydrogen-bond donors (Lipinski definition) is 0. The van der Waals surface area contributed by atoms with Crippen molar-refractivity contribution in [2.45, 2.75) is 27.4 Å². The predicted octanol–water partition coefficient (Wildman–Crippen LogP) is 1.71. The minimum Gasteiger partial charge on any atom is -0.369 e. The molecule has 1 aromatic carbocycles. The fourth-order valence-corrected chi connectivity index (χ4v) is 3.24. The van der Waals surface area contributed by atoms with Gasteiger partial charge in [-0.3, -0.25) is 14.5 Å². The van der Waals surface area contributed by atoms with Gasteiger partial charge in [0, 0.05) is 37.4 Å². The molecule has 2 aromatic rings. The van der Waals surface area contributed by atoms with Crippen molar-refractivity contribution in [2.24, 2.45) is 0 Å². The second-order valence-electron chi connectivity index (χ2n) is 6.85. The SMILES string of the molecule is CC(=O)c1ccc(N2CCN(Cn3nc(C)c(C)c(C#N)c3=O)CC2)cc1. The molecule has 3 rings (SSSR count). The lowest BCUT2D eigenvalue weighted by Crippen LogP contribution is -2.48. The van der Waals surface area contributed by atoms with Crippen LogP contribution in [-0.4, -0.2) is 46.6 Å². The molecule has 0 atom stereocenters. The smallest absolute Gasteiger partial charge is 0.286 e. The molecule has 0 spiro atoms. The van der Waals surface area contributed by atoms with E-state index in [4.69, 9.17) is 0 Å².